The first-order valence-corrected chi connectivity index (χ1v) is 7.22. The van der Waals surface area contributed by atoms with Crippen molar-refractivity contribution in [1.82, 2.24) is 4.90 Å². The summed E-state index contributed by atoms with van der Waals surface area (Å²) in [4.78, 5) is 35.5. The maximum atomic E-state index is 12.4. The van der Waals surface area contributed by atoms with Crippen LogP contribution in [-0.4, -0.2) is 34.7 Å². The van der Waals surface area contributed by atoms with Crippen LogP contribution in [0.2, 0.25) is 0 Å². The van der Waals surface area contributed by atoms with E-state index in [0.717, 1.165) is 0 Å². The van der Waals surface area contributed by atoms with Crippen LogP contribution in [0, 0.1) is 16.0 Å². The van der Waals surface area contributed by atoms with Gasteiger partial charge in [-0.2, -0.15) is 0 Å². The zero-order valence-corrected chi connectivity index (χ0v) is 12.7. The van der Waals surface area contributed by atoms with E-state index in [4.69, 9.17) is 5.73 Å². The van der Waals surface area contributed by atoms with Gasteiger partial charge in [0.05, 0.1) is 10.5 Å². The van der Waals surface area contributed by atoms with Crippen LogP contribution in [-0.2, 0) is 4.79 Å². The van der Waals surface area contributed by atoms with Crippen LogP contribution < -0.4 is 5.73 Å². The summed E-state index contributed by atoms with van der Waals surface area (Å²) in [5.41, 5.74) is 5.36. The van der Waals surface area contributed by atoms with Crippen molar-refractivity contribution in [2.24, 2.45) is 11.7 Å². The van der Waals surface area contributed by atoms with E-state index in [1.54, 1.807) is 11.0 Å². The molecule has 0 aromatic heterocycles. The summed E-state index contributed by atoms with van der Waals surface area (Å²) in [5.74, 6) is -0.838. The highest BCUT2D eigenvalue weighted by molar-refractivity contribution is 9.10. The molecule has 1 aliphatic rings. The Bertz CT molecular complexity index is 597. The minimum atomic E-state index is -0.541. The standard InChI is InChI=1S/C13H14BrN3O4/c14-11-9(2-1-3-10(11)17(20)21)13(19)16-6-4-8(5-7-16)12(15)18/h1-3,8H,4-7H2,(H2,15,18). The fourth-order valence-electron chi connectivity index (χ4n) is 2.36. The molecule has 1 saturated heterocycles. The van der Waals surface area contributed by atoms with Gasteiger partial charge in [-0.25, -0.2) is 0 Å². The SMILES string of the molecule is NC(=O)C1CCN(C(=O)c2cccc([N+](=O)[O-])c2Br)CC1. The third-order valence-corrected chi connectivity index (χ3v) is 4.42. The first-order valence-electron chi connectivity index (χ1n) is 6.43. The molecule has 0 bridgehead atoms. The molecule has 0 saturated carbocycles. The summed E-state index contributed by atoms with van der Waals surface area (Å²) in [6, 6.07) is 4.35. The van der Waals surface area contributed by atoms with E-state index in [0.29, 0.717) is 25.9 Å². The normalized spacial score (nSPS) is 15.8. The number of halogens is 1. The molecule has 1 heterocycles. The van der Waals surface area contributed by atoms with E-state index in [9.17, 15) is 19.7 Å². The summed E-state index contributed by atoms with van der Waals surface area (Å²) in [7, 11) is 0. The topological polar surface area (TPSA) is 107 Å². The Balaban J connectivity index is 2.17. The van der Waals surface area contributed by atoms with E-state index in [1.807, 2.05) is 0 Å². The van der Waals surface area contributed by atoms with Gasteiger partial charge in [0.15, 0.2) is 0 Å². The second-order valence-corrected chi connectivity index (χ2v) is 5.66. The number of piperidine rings is 1. The summed E-state index contributed by atoms with van der Waals surface area (Å²) >= 11 is 3.12. The van der Waals surface area contributed by atoms with E-state index in [2.05, 4.69) is 15.9 Å². The first-order chi connectivity index (χ1) is 9.91. The highest BCUT2D eigenvalue weighted by Crippen LogP contribution is 2.30. The third-order valence-electron chi connectivity index (χ3n) is 3.59. The zero-order valence-electron chi connectivity index (χ0n) is 11.1. The molecule has 1 fully saturated rings. The Morgan fingerprint density at radius 1 is 1.33 bits per heavy atom. The van der Waals surface area contributed by atoms with Gasteiger partial charge in [0.1, 0.15) is 4.47 Å². The molecule has 0 atom stereocenters. The van der Waals surface area contributed by atoms with Gasteiger partial charge in [-0.3, -0.25) is 19.7 Å². The van der Waals surface area contributed by atoms with Crippen LogP contribution in [0.25, 0.3) is 0 Å². The summed E-state index contributed by atoms with van der Waals surface area (Å²) < 4.78 is 0.178. The molecule has 0 spiro atoms. The van der Waals surface area contributed by atoms with Gasteiger partial charge in [0.2, 0.25) is 5.91 Å². The second-order valence-electron chi connectivity index (χ2n) is 4.86. The Labute approximate surface area is 129 Å². The number of hydrogen-bond donors (Lipinski definition) is 1. The predicted octanol–water partition coefficient (Wildman–Crippen LogP) is 1.69. The molecule has 1 aliphatic heterocycles. The van der Waals surface area contributed by atoms with Gasteiger partial charge >= 0.3 is 0 Å². The van der Waals surface area contributed by atoms with Crippen molar-refractivity contribution in [3.05, 3.63) is 38.3 Å². The fraction of sp³-hybridized carbons (Fsp3) is 0.385. The highest BCUT2D eigenvalue weighted by atomic mass is 79.9. The molecule has 1 aromatic carbocycles. The molecule has 7 nitrogen and oxygen atoms in total. The van der Waals surface area contributed by atoms with E-state index >= 15 is 0 Å². The molecular weight excluding hydrogens is 342 g/mol. The summed E-state index contributed by atoms with van der Waals surface area (Å²) in [5, 5.41) is 10.9. The number of nitro groups is 1. The van der Waals surface area contributed by atoms with E-state index in [-0.39, 0.29) is 33.5 Å². The quantitative estimate of drug-likeness (QED) is 0.657. The maximum Gasteiger partial charge on any atom is 0.284 e. The Morgan fingerprint density at radius 2 is 1.95 bits per heavy atom. The van der Waals surface area contributed by atoms with Crippen molar-refractivity contribution >= 4 is 33.4 Å². The number of rotatable bonds is 3. The molecule has 21 heavy (non-hydrogen) atoms. The van der Waals surface area contributed by atoms with Crippen molar-refractivity contribution in [1.29, 1.82) is 0 Å². The first kappa shape index (κ1) is 15.4. The molecule has 0 unspecified atom stereocenters. The van der Waals surface area contributed by atoms with Crippen molar-refractivity contribution < 1.29 is 14.5 Å². The van der Waals surface area contributed by atoms with E-state index < -0.39 is 4.92 Å². The molecule has 2 rings (SSSR count). The lowest BCUT2D eigenvalue weighted by Gasteiger charge is -2.30. The minimum Gasteiger partial charge on any atom is -0.369 e. The largest absolute Gasteiger partial charge is 0.369 e. The fourth-order valence-corrected chi connectivity index (χ4v) is 2.94. The number of nitro benzene ring substituents is 1. The lowest BCUT2D eigenvalue weighted by molar-refractivity contribution is -0.385. The maximum absolute atomic E-state index is 12.4. The van der Waals surface area contributed by atoms with Gasteiger partial charge in [-0.15, -0.1) is 0 Å². The molecule has 1 aromatic rings. The summed E-state index contributed by atoms with van der Waals surface area (Å²) in [6.45, 7) is 0.836. The Morgan fingerprint density at radius 3 is 2.48 bits per heavy atom. The molecular formula is C13H14BrN3O4. The van der Waals surface area contributed by atoms with Crippen molar-refractivity contribution in [3.63, 3.8) is 0 Å². The van der Waals surface area contributed by atoms with Gasteiger partial charge in [0.25, 0.3) is 11.6 Å². The summed E-state index contributed by atoms with van der Waals surface area (Å²) in [6.07, 6.45) is 1.04. The number of carbonyl (C=O) groups is 2. The van der Waals surface area contributed by atoms with Gasteiger partial charge < -0.3 is 10.6 Å². The van der Waals surface area contributed by atoms with Gasteiger partial charge in [-0.05, 0) is 34.8 Å². The van der Waals surface area contributed by atoms with Crippen LogP contribution in [0.4, 0.5) is 5.69 Å². The average molecular weight is 356 g/mol. The molecule has 112 valence electrons. The van der Waals surface area contributed by atoms with Crippen molar-refractivity contribution in [2.45, 2.75) is 12.8 Å². The zero-order chi connectivity index (χ0) is 15.6. The second kappa shape index (κ2) is 6.21. The van der Waals surface area contributed by atoms with Crippen molar-refractivity contribution in [3.8, 4) is 0 Å². The van der Waals surface area contributed by atoms with E-state index in [1.165, 1.54) is 12.1 Å². The molecule has 2 N–H and O–H groups in total. The number of nitrogens with two attached hydrogens (primary N) is 1. The third kappa shape index (κ3) is 3.21. The van der Waals surface area contributed by atoms with Crippen molar-refractivity contribution in [2.75, 3.05) is 13.1 Å². The van der Waals surface area contributed by atoms with Crippen LogP contribution in [0.3, 0.4) is 0 Å². The number of nitrogens with zero attached hydrogens (tertiary/aromatic N) is 2. The van der Waals surface area contributed by atoms with Crippen LogP contribution in [0.1, 0.15) is 23.2 Å². The number of primary amides is 1. The number of carbonyl (C=O) groups excluding carboxylic acids is 2. The minimum absolute atomic E-state index is 0.145. The van der Waals surface area contributed by atoms with Gasteiger partial charge in [-0.1, -0.05) is 6.07 Å². The molecule has 0 aliphatic carbocycles. The smallest absolute Gasteiger partial charge is 0.284 e. The highest BCUT2D eigenvalue weighted by Gasteiger charge is 2.28. The van der Waals surface area contributed by atoms with Crippen LogP contribution in [0.15, 0.2) is 22.7 Å². The van der Waals surface area contributed by atoms with Crippen LogP contribution in [0.5, 0.6) is 0 Å². The number of hydrogen-bond acceptors (Lipinski definition) is 4. The van der Waals surface area contributed by atoms with Gasteiger partial charge in [0, 0.05) is 25.1 Å². The number of likely N-dealkylation sites (tertiary alicyclic amines) is 1. The Kier molecular flexibility index (Phi) is 4.56. The number of amides is 2. The lowest BCUT2D eigenvalue weighted by atomic mass is 9.96. The monoisotopic (exact) mass is 355 g/mol. The lowest BCUT2D eigenvalue weighted by Crippen LogP contribution is -2.41. The number of benzene rings is 1. The molecule has 8 heteroatoms. The van der Waals surface area contributed by atoms with Crippen LogP contribution >= 0.6 is 15.9 Å². The Hall–Kier alpha value is -1.96. The predicted molar refractivity (Wildman–Crippen MR) is 78.6 cm³/mol. The molecule has 0 radical (unpaired) electrons. The molecule has 2 amide bonds. The average Bonchev–Trinajstić information content (AvgIpc) is 2.46.